The smallest absolute Gasteiger partial charge is 0.391 e. The van der Waals surface area contributed by atoms with Crippen molar-refractivity contribution < 1.29 is 22.7 Å². The molecule has 2 rings (SSSR count). The van der Waals surface area contributed by atoms with E-state index in [0.29, 0.717) is 17.9 Å². The molecule has 1 N–H and O–H groups in total. The maximum atomic E-state index is 12.9. The lowest BCUT2D eigenvalue weighted by Crippen LogP contribution is -2.34. The third kappa shape index (κ3) is 5.32. The van der Waals surface area contributed by atoms with Crippen molar-refractivity contribution in [1.29, 1.82) is 0 Å². The van der Waals surface area contributed by atoms with Gasteiger partial charge in [-0.3, -0.25) is 4.79 Å². The van der Waals surface area contributed by atoms with Gasteiger partial charge in [0, 0.05) is 31.9 Å². The van der Waals surface area contributed by atoms with Crippen molar-refractivity contribution >= 4 is 11.6 Å². The molecule has 7 heteroatoms. The molecule has 1 fully saturated rings. The zero-order valence-electron chi connectivity index (χ0n) is 13.9. The number of anilines is 1. The quantitative estimate of drug-likeness (QED) is 0.886. The van der Waals surface area contributed by atoms with Gasteiger partial charge in [0.25, 0.3) is 5.91 Å². The van der Waals surface area contributed by atoms with Gasteiger partial charge in [0.2, 0.25) is 0 Å². The summed E-state index contributed by atoms with van der Waals surface area (Å²) < 4.78 is 44.0. The number of carbonyl (C=O) groups is 1. The number of nitrogens with one attached hydrogen (secondary N) is 1. The first-order chi connectivity index (χ1) is 11.3. The van der Waals surface area contributed by atoms with Gasteiger partial charge < -0.3 is 15.0 Å². The third-order valence-corrected chi connectivity index (χ3v) is 4.20. The predicted molar refractivity (Wildman–Crippen MR) is 86.1 cm³/mol. The van der Waals surface area contributed by atoms with Crippen LogP contribution in [0.5, 0.6) is 5.75 Å². The molecule has 1 aliphatic carbocycles. The lowest BCUT2D eigenvalue weighted by Gasteiger charge is -2.31. The Hall–Kier alpha value is -1.92. The Morgan fingerprint density at radius 3 is 2.75 bits per heavy atom. The van der Waals surface area contributed by atoms with E-state index in [4.69, 9.17) is 4.74 Å². The first-order valence-electron chi connectivity index (χ1n) is 8.02. The number of halogens is 3. The van der Waals surface area contributed by atoms with Gasteiger partial charge in [0.05, 0.1) is 5.92 Å². The summed E-state index contributed by atoms with van der Waals surface area (Å²) in [6, 6.07) is 6.76. The minimum absolute atomic E-state index is 0.0734. The Kier molecular flexibility index (Phi) is 5.96. The molecular formula is C17H23F3N2O2. The van der Waals surface area contributed by atoms with E-state index in [-0.39, 0.29) is 31.4 Å². The van der Waals surface area contributed by atoms with Gasteiger partial charge in [-0.2, -0.15) is 13.2 Å². The van der Waals surface area contributed by atoms with E-state index in [0.717, 1.165) is 6.42 Å². The van der Waals surface area contributed by atoms with Crippen molar-refractivity contribution in [1.82, 2.24) is 4.90 Å². The fourth-order valence-corrected chi connectivity index (χ4v) is 2.80. The minimum Gasteiger partial charge on any atom is -0.484 e. The molecule has 2 atom stereocenters. The van der Waals surface area contributed by atoms with Crippen LogP contribution in [-0.4, -0.2) is 43.7 Å². The maximum absolute atomic E-state index is 12.9. The number of ether oxygens (including phenoxy) is 1. The molecule has 1 aromatic carbocycles. The van der Waals surface area contributed by atoms with Crippen LogP contribution < -0.4 is 10.1 Å². The molecule has 1 saturated carbocycles. The van der Waals surface area contributed by atoms with Crippen LogP contribution in [0.15, 0.2) is 24.3 Å². The average Bonchev–Trinajstić information content (AvgIpc) is 2.52. The van der Waals surface area contributed by atoms with Crippen molar-refractivity contribution in [3.8, 4) is 5.75 Å². The van der Waals surface area contributed by atoms with Gasteiger partial charge in [0.1, 0.15) is 5.75 Å². The van der Waals surface area contributed by atoms with Crippen molar-refractivity contribution in [2.24, 2.45) is 5.92 Å². The van der Waals surface area contributed by atoms with Crippen LogP contribution in [0.4, 0.5) is 18.9 Å². The summed E-state index contributed by atoms with van der Waals surface area (Å²) in [4.78, 5) is 13.0. The molecule has 0 bridgehead atoms. The number of alkyl halides is 3. The number of benzene rings is 1. The standard InChI is InChI=1S/C17H23F3N2O2/c1-22(2)16(23)11-24-15-8-4-7-14(10-15)21-13-6-3-5-12(9-13)17(18,19)20/h4,7-8,10,12-13,21H,3,5-6,9,11H2,1-2H3. The Morgan fingerprint density at radius 1 is 1.33 bits per heavy atom. The van der Waals surface area contributed by atoms with Gasteiger partial charge in [-0.1, -0.05) is 12.5 Å². The summed E-state index contributed by atoms with van der Waals surface area (Å²) in [6.45, 7) is -0.0734. The van der Waals surface area contributed by atoms with Crippen LogP contribution in [0.3, 0.4) is 0 Å². The van der Waals surface area contributed by atoms with Gasteiger partial charge in [-0.05, 0) is 31.4 Å². The SMILES string of the molecule is CN(C)C(=O)COc1cccc(NC2CCCC(C(F)(F)F)C2)c1. The highest BCUT2D eigenvalue weighted by atomic mass is 19.4. The third-order valence-electron chi connectivity index (χ3n) is 4.20. The number of carbonyl (C=O) groups excluding carboxylic acids is 1. The molecule has 0 radical (unpaired) electrons. The van der Waals surface area contributed by atoms with Crippen molar-refractivity contribution in [2.45, 2.75) is 37.9 Å². The highest BCUT2D eigenvalue weighted by Gasteiger charge is 2.42. The van der Waals surface area contributed by atoms with E-state index < -0.39 is 12.1 Å². The number of nitrogens with zero attached hydrogens (tertiary/aromatic N) is 1. The second kappa shape index (κ2) is 7.77. The first kappa shape index (κ1) is 18.4. The normalized spacial score (nSPS) is 21.2. The number of hydrogen-bond acceptors (Lipinski definition) is 3. The summed E-state index contributed by atoms with van der Waals surface area (Å²) in [5.41, 5.74) is 0.706. The Bertz CT molecular complexity index is 561. The summed E-state index contributed by atoms with van der Waals surface area (Å²) in [7, 11) is 3.29. The zero-order chi connectivity index (χ0) is 17.7. The predicted octanol–water partition coefficient (Wildman–Crippen LogP) is 3.69. The van der Waals surface area contributed by atoms with Crippen LogP contribution in [-0.2, 0) is 4.79 Å². The van der Waals surface area contributed by atoms with E-state index in [1.165, 1.54) is 4.90 Å². The first-order valence-corrected chi connectivity index (χ1v) is 8.02. The molecule has 1 aliphatic rings. The maximum Gasteiger partial charge on any atom is 0.391 e. The van der Waals surface area contributed by atoms with Gasteiger partial charge in [0.15, 0.2) is 6.61 Å². The zero-order valence-corrected chi connectivity index (χ0v) is 13.9. The van der Waals surface area contributed by atoms with Crippen LogP contribution in [0.1, 0.15) is 25.7 Å². The molecule has 24 heavy (non-hydrogen) atoms. The van der Waals surface area contributed by atoms with Crippen LogP contribution in [0, 0.1) is 5.92 Å². The van der Waals surface area contributed by atoms with E-state index in [1.807, 2.05) is 0 Å². The molecule has 0 spiro atoms. The molecular weight excluding hydrogens is 321 g/mol. The fourth-order valence-electron chi connectivity index (χ4n) is 2.80. The Balaban J connectivity index is 1.93. The van der Waals surface area contributed by atoms with Crippen LogP contribution in [0.2, 0.25) is 0 Å². The monoisotopic (exact) mass is 344 g/mol. The van der Waals surface area contributed by atoms with Gasteiger partial charge in [-0.15, -0.1) is 0 Å². The number of likely N-dealkylation sites (N-methyl/N-ethyl adjacent to an activating group) is 1. The number of hydrogen-bond donors (Lipinski definition) is 1. The highest BCUT2D eigenvalue weighted by molar-refractivity contribution is 5.77. The molecule has 0 aliphatic heterocycles. The fraction of sp³-hybridized carbons (Fsp3) is 0.588. The number of rotatable bonds is 5. The van der Waals surface area contributed by atoms with Crippen molar-refractivity contribution in [3.05, 3.63) is 24.3 Å². The molecule has 4 nitrogen and oxygen atoms in total. The molecule has 1 amide bonds. The average molecular weight is 344 g/mol. The van der Waals surface area contributed by atoms with E-state index >= 15 is 0 Å². The van der Waals surface area contributed by atoms with Crippen molar-refractivity contribution in [3.63, 3.8) is 0 Å². The van der Waals surface area contributed by atoms with Gasteiger partial charge in [-0.25, -0.2) is 0 Å². The van der Waals surface area contributed by atoms with E-state index in [2.05, 4.69) is 5.32 Å². The molecule has 0 aromatic heterocycles. The van der Waals surface area contributed by atoms with Crippen LogP contribution in [0.25, 0.3) is 0 Å². The molecule has 2 unspecified atom stereocenters. The largest absolute Gasteiger partial charge is 0.484 e. The second-order valence-electron chi connectivity index (χ2n) is 6.35. The van der Waals surface area contributed by atoms with E-state index in [9.17, 15) is 18.0 Å². The molecule has 134 valence electrons. The lowest BCUT2D eigenvalue weighted by molar-refractivity contribution is -0.182. The highest BCUT2D eigenvalue weighted by Crippen LogP contribution is 2.38. The molecule has 0 heterocycles. The second-order valence-corrected chi connectivity index (χ2v) is 6.35. The van der Waals surface area contributed by atoms with Gasteiger partial charge >= 0.3 is 6.18 Å². The Morgan fingerprint density at radius 2 is 2.08 bits per heavy atom. The lowest BCUT2D eigenvalue weighted by atomic mass is 9.85. The Labute approximate surface area is 140 Å². The van der Waals surface area contributed by atoms with Crippen LogP contribution >= 0.6 is 0 Å². The summed E-state index contributed by atoms with van der Waals surface area (Å²) in [5.74, 6) is -0.882. The minimum atomic E-state index is -4.13. The summed E-state index contributed by atoms with van der Waals surface area (Å²) in [5, 5.41) is 3.16. The van der Waals surface area contributed by atoms with E-state index in [1.54, 1.807) is 38.4 Å². The van der Waals surface area contributed by atoms with Crippen molar-refractivity contribution in [2.75, 3.05) is 26.0 Å². The summed E-state index contributed by atoms with van der Waals surface area (Å²) >= 11 is 0. The summed E-state index contributed by atoms with van der Waals surface area (Å²) in [6.07, 6.45) is -2.55. The topological polar surface area (TPSA) is 41.6 Å². The molecule has 0 saturated heterocycles. The molecule has 1 aromatic rings. The number of amides is 1.